The third-order valence-electron chi connectivity index (χ3n) is 4.64. The molecular formula is C22H21N3O2S3. The van der Waals surface area contributed by atoms with E-state index in [4.69, 9.17) is 0 Å². The van der Waals surface area contributed by atoms with Crippen LogP contribution in [0.2, 0.25) is 0 Å². The van der Waals surface area contributed by atoms with Crippen molar-refractivity contribution in [1.82, 2.24) is 9.55 Å². The minimum Gasteiger partial charge on any atom is -0.325 e. The van der Waals surface area contributed by atoms with Crippen LogP contribution in [-0.2, 0) is 24.2 Å². The molecule has 0 unspecified atom stereocenters. The minimum atomic E-state index is -0.113. The topological polar surface area (TPSA) is 64.0 Å². The molecule has 4 rings (SSSR count). The van der Waals surface area contributed by atoms with Gasteiger partial charge in [-0.1, -0.05) is 36.9 Å². The summed E-state index contributed by atoms with van der Waals surface area (Å²) in [5.74, 6) is 0.0787. The lowest BCUT2D eigenvalue weighted by Crippen LogP contribution is -2.24. The summed E-state index contributed by atoms with van der Waals surface area (Å²) in [7, 11) is 0. The van der Waals surface area contributed by atoms with Gasteiger partial charge in [-0.2, -0.15) is 0 Å². The maximum atomic E-state index is 13.0. The van der Waals surface area contributed by atoms with Gasteiger partial charge in [0, 0.05) is 17.1 Å². The molecule has 8 heteroatoms. The van der Waals surface area contributed by atoms with Crippen molar-refractivity contribution in [2.24, 2.45) is 0 Å². The molecule has 1 amide bonds. The molecule has 3 aromatic heterocycles. The number of hydrogen-bond donors (Lipinski definition) is 1. The number of amides is 1. The van der Waals surface area contributed by atoms with Crippen LogP contribution >= 0.6 is 34.4 Å². The normalized spacial score (nSPS) is 11.1. The van der Waals surface area contributed by atoms with Crippen molar-refractivity contribution >= 4 is 56.2 Å². The summed E-state index contributed by atoms with van der Waals surface area (Å²) in [6.07, 6.45) is 1.68. The van der Waals surface area contributed by atoms with Gasteiger partial charge in [0.05, 0.1) is 11.3 Å². The van der Waals surface area contributed by atoms with Crippen LogP contribution in [0.3, 0.4) is 0 Å². The fourth-order valence-corrected chi connectivity index (χ4v) is 5.41. The maximum absolute atomic E-state index is 13.0. The zero-order chi connectivity index (χ0) is 20.9. The molecule has 0 bridgehead atoms. The first-order valence-corrected chi connectivity index (χ1v) is 12.4. The molecule has 0 aliphatic carbocycles. The molecule has 0 saturated carbocycles. The fraction of sp³-hybridized carbons (Fsp3) is 0.227. The lowest BCUT2D eigenvalue weighted by atomic mass is 10.1. The predicted octanol–water partition coefficient (Wildman–Crippen LogP) is 5.06. The van der Waals surface area contributed by atoms with Crippen molar-refractivity contribution < 1.29 is 4.79 Å². The number of nitrogens with zero attached hydrogens (tertiary/aromatic N) is 2. The second-order valence-corrected chi connectivity index (χ2v) is 9.60. The van der Waals surface area contributed by atoms with Gasteiger partial charge in [0.15, 0.2) is 5.16 Å². The summed E-state index contributed by atoms with van der Waals surface area (Å²) in [5, 5.41) is 7.43. The Balaban J connectivity index is 1.51. The molecule has 30 heavy (non-hydrogen) atoms. The van der Waals surface area contributed by atoms with E-state index in [0.29, 0.717) is 21.9 Å². The lowest BCUT2D eigenvalue weighted by Gasteiger charge is -2.12. The van der Waals surface area contributed by atoms with Crippen molar-refractivity contribution in [1.29, 1.82) is 0 Å². The number of benzene rings is 1. The van der Waals surface area contributed by atoms with Crippen LogP contribution in [0.15, 0.2) is 63.2 Å². The van der Waals surface area contributed by atoms with Gasteiger partial charge in [0.2, 0.25) is 5.91 Å². The Morgan fingerprint density at radius 2 is 2.07 bits per heavy atom. The molecule has 0 aliphatic rings. The Morgan fingerprint density at radius 3 is 2.87 bits per heavy atom. The van der Waals surface area contributed by atoms with Gasteiger partial charge in [-0.3, -0.25) is 14.2 Å². The first-order chi connectivity index (χ1) is 14.6. The Morgan fingerprint density at radius 1 is 1.17 bits per heavy atom. The van der Waals surface area contributed by atoms with E-state index in [0.717, 1.165) is 18.5 Å². The molecule has 3 heterocycles. The van der Waals surface area contributed by atoms with E-state index >= 15 is 0 Å². The van der Waals surface area contributed by atoms with Crippen LogP contribution in [0.1, 0.15) is 17.4 Å². The highest BCUT2D eigenvalue weighted by Crippen LogP contribution is 2.22. The van der Waals surface area contributed by atoms with E-state index in [2.05, 4.69) is 23.3 Å². The second kappa shape index (κ2) is 9.59. The molecule has 0 saturated heterocycles. The zero-order valence-electron chi connectivity index (χ0n) is 16.5. The van der Waals surface area contributed by atoms with Crippen molar-refractivity contribution in [2.45, 2.75) is 31.5 Å². The summed E-state index contributed by atoms with van der Waals surface area (Å²) < 4.78 is 2.36. The number of rotatable bonds is 8. The summed E-state index contributed by atoms with van der Waals surface area (Å²) >= 11 is 4.39. The number of thiophene rings is 2. The van der Waals surface area contributed by atoms with Crippen LogP contribution in [0, 0.1) is 0 Å². The monoisotopic (exact) mass is 455 g/mol. The zero-order valence-corrected chi connectivity index (χ0v) is 18.9. The second-order valence-electron chi connectivity index (χ2n) is 6.71. The van der Waals surface area contributed by atoms with E-state index in [1.165, 1.54) is 33.5 Å². The van der Waals surface area contributed by atoms with Crippen LogP contribution in [0.4, 0.5) is 5.69 Å². The van der Waals surface area contributed by atoms with Gasteiger partial charge in [-0.05, 0) is 53.4 Å². The Hall–Kier alpha value is -2.42. The third-order valence-corrected chi connectivity index (χ3v) is 7.45. The molecule has 154 valence electrons. The van der Waals surface area contributed by atoms with Crippen LogP contribution in [0.5, 0.6) is 0 Å². The highest BCUT2D eigenvalue weighted by atomic mass is 32.2. The molecule has 0 fully saturated rings. The number of carbonyl (C=O) groups is 1. The van der Waals surface area contributed by atoms with Crippen LogP contribution < -0.4 is 10.9 Å². The van der Waals surface area contributed by atoms with Gasteiger partial charge in [0.25, 0.3) is 5.56 Å². The lowest BCUT2D eigenvalue weighted by molar-refractivity contribution is -0.113. The van der Waals surface area contributed by atoms with Crippen molar-refractivity contribution in [3.8, 4) is 0 Å². The van der Waals surface area contributed by atoms with E-state index in [-0.39, 0.29) is 17.2 Å². The average Bonchev–Trinajstić information content (AvgIpc) is 3.44. The predicted molar refractivity (Wildman–Crippen MR) is 127 cm³/mol. The van der Waals surface area contributed by atoms with Crippen molar-refractivity contribution in [3.63, 3.8) is 0 Å². The summed E-state index contributed by atoms with van der Waals surface area (Å²) in [5.41, 5.74) is 2.62. The summed E-state index contributed by atoms with van der Waals surface area (Å²) in [6.45, 7) is 2.63. The Bertz CT molecular complexity index is 1210. The highest BCUT2D eigenvalue weighted by Gasteiger charge is 2.14. The fourth-order valence-electron chi connectivity index (χ4n) is 3.10. The van der Waals surface area contributed by atoms with E-state index < -0.39 is 0 Å². The number of carbonyl (C=O) groups excluding carboxylic acids is 1. The van der Waals surface area contributed by atoms with Crippen molar-refractivity contribution in [3.05, 3.63) is 74.0 Å². The van der Waals surface area contributed by atoms with Crippen molar-refractivity contribution in [2.75, 3.05) is 11.1 Å². The van der Waals surface area contributed by atoms with E-state index in [1.54, 1.807) is 15.9 Å². The SMILES string of the molecule is CCc1cccc(NC(=O)CSc2nc3ccsc3c(=O)n2CCc2cccs2)c1. The molecule has 4 aromatic rings. The van der Waals surface area contributed by atoms with E-state index in [1.807, 2.05) is 47.2 Å². The number of anilines is 1. The average molecular weight is 456 g/mol. The Labute approximate surface area is 186 Å². The number of hydrogen-bond acceptors (Lipinski definition) is 6. The standard InChI is InChI=1S/C22H21N3O2S3/c1-2-15-5-3-6-16(13-15)23-19(26)14-30-22-24-18-9-12-29-20(18)21(27)25(22)10-8-17-7-4-11-28-17/h3-7,9,11-13H,2,8,10,14H2,1H3,(H,23,26). The quantitative estimate of drug-likeness (QED) is 0.298. The molecule has 5 nitrogen and oxygen atoms in total. The largest absolute Gasteiger partial charge is 0.325 e. The summed E-state index contributed by atoms with van der Waals surface area (Å²) in [6, 6.07) is 13.8. The molecule has 1 N–H and O–H groups in total. The third kappa shape index (κ3) is 4.83. The molecule has 0 aliphatic heterocycles. The minimum absolute atomic E-state index is 0.0369. The van der Waals surface area contributed by atoms with Crippen LogP contribution in [0.25, 0.3) is 10.2 Å². The molecular weight excluding hydrogens is 434 g/mol. The highest BCUT2D eigenvalue weighted by molar-refractivity contribution is 7.99. The van der Waals surface area contributed by atoms with Gasteiger partial charge < -0.3 is 5.32 Å². The molecule has 0 atom stereocenters. The maximum Gasteiger partial charge on any atom is 0.272 e. The Kier molecular flexibility index (Phi) is 6.66. The molecule has 1 aromatic carbocycles. The molecule has 0 spiro atoms. The number of fused-ring (bicyclic) bond motifs is 1. The number of thioether (sulfide) groups is 1. The van der Waals surface area contributed by atoms with Gasteiger partial charge in [-0.15, -0.1) is 22.7 Å². The number of aryl methyl sites for hydroxylation is 2. The summed E-state index contributed by atoms with van der Waals surface area (Å²) in [4.78, 5) is 31.4. The smallest absolute Gasteiger partial charge is 0.272 e. The first kappa shape index (κ1) is 20.8. The van der Waals surface area contributed by atoms with Gasteiger partial charge >= 0.3 is 0 Å². The number of aromatic nitrogens is 2. The molecule has 0 radical (unpaired) electrons. The van der Waals surface area contributed by atoms with Crippen LogP contribution in [-0.4, -0.2) is 21.2 Å². The van der Waals surface area contributed by atoms with E-state index in [9.17, 15) is 9.59 Å². The van der Waals surface area contributed by atoms with Gasteiger partial charge in [0.1, 0.15) is 4.70 Å². The number of nitrogens with one attached hydrogen (secondary N) is 1. The van der Waals surface area contributed by atoms with Gasteiger partial charge in [-0.25, -0.2) is 4.98 Å². The first-order valence-electron chi connectivity index (χ1n) is 9.66.